The Hall–Kier alpha value is -5.10. The number of rotatable bonds is 20. The number of nitrogens with one attached hydrogen (secondary N) is 8. The average molecular weight is 1010 g/mol. The van der Waals surface area contributed by atoms with Crippen LogP contribution in [0.5, 0.6) is 0 Å². The Labute approximate surface area is 428 Å². The zero-order valence-corrected chi connectivity index (χ0v) is 45.0. The number of likely N-dealkylation sites (N-methyl/N-ethyl adjacent to an activating group) is 2. The molecule has 2 saturated carbocycles. The Morgan fingerprint density at radius 2 is 0.833 bits per heavy atom. The Morgan fingerprint density at radius 3 is 1.14 bits per heavy atom. The van der Waals surface area contributed by atoms with E-state index in [4.69, 9.17) is 0 Å². The highest BCUT2D eigenvalue weighted by Gasteiger charge is 2.45. The van der Waals surface area contributed by atoms with Crippen molar-refractivity contribution in [1.82, 2.24) is 52.3 Å². The van der Waals surface area contributed by atoms with Gasteiger partial charge in [0.25, 0.3) is 11.8 Å². The lowest BCUT2D eigenvalue weighted by Gasteiger charge is -2.37. The molecule has 8 amide bonds. The SMILES string of the molecule is CNC(C)C(=O)NC(C(=O)N1CCCC1C(=O)NC(CNC(=O)c1ccc(C(=O)NCC(NC(=O)C2CCCN2C(=O)C(NC(=O)C(C)NC)C(C)(C)C)C2CCCCC2)cc1)C1CCCCC1)C(C)(C)C. The Bertz CT molecular complexity index is 1900. The first-order valence-electron chi connectivity index (χ1n) is 26.9. The van der Waals surface area contributed by atoms with E-state index in [2.05, 4.69) is 42.5 Å². The summed E-state index contributed by atoms with van der Waals surface area (Å²) in [4.78, 5) is 113. The Kier molecular flexibility index (Phi) is 21.0. The van der Waals surface area contributed by atoms with Gasteiger partial charge in [0.1, 0.15) is 24.2 Å². The third kappa shape index (κ3) is 15.5. The van der Waals surface area contributed by atoms with E-state index in [-0.39, 0.29) is 84.3 Å². The molecule has 4 aliphatic rings. The van der Waals surface area contributed by atoms with E-state index in [0.29, 0.717) is 49.9 Å². The van der Waals surface area contributed by atoms with Crippen LogP contribution in [0, 0.1) is 22.7 Å². The van der Waals surface area contributed by atoms with Crippen molar-refractivity contribution in [1.29, 1.82) is 0 Å². The zero-order chi connectivity index (χ0) is 52.9. The second kappa shape index (κ2) is 26.2. The molecule has 18 nitrogen and oxygen atoms in total. The summed E-state index contributed by atoms with van der Waals surface area (Å²) in [6.07, 6.45) is 12.2. The molecule has 18 heteroatoms. The van der Waals surface area contributed by atoms with Crippen LogP contribution in [-0.2, 0) is 28.8 Å². The fourth-order valence-corrected chi connectivity index (χ4v) is 10.7. The highest BCUT2D eigenvalue weighted by atomic mass is 16.2. The molecule has 72 heavy (non-hydrogen) atoms. The van der Waals surface area contributed by atoms with Crippen LogP contribution in [-0.4, -0.2) is 146 Å². The van der Waals surface area contributed by atoms with Crippen LogP contribution >= 0.6 is 0 Å². The van der Waals surface area contributed by atoms with Crippen molar-refractivity contribution < 1.29 is 38.4 Å². The number of carbonyl (C=O) groups excluding carboxylic acids is 8. The molecule has 2 saturated heterocycles. The van der Waals surface area contributed by atoms with Gasteiger partial charge in [-0.05, 0) is 126 Å². The average Bonchev–Trinajstić information content (AvgIpc) is 4.08. The lowest BCUT2D eigenvalue weighted by atomic mass is 9.83. The summed E-state index contributed by atoms with van der Waals surface area (Å²) in [7, 11) is 3.36. The summed E-state index contributed by atoms with van der Waals surface area (Å²) in [5.41, 5.74) is -0.509. The predicted molar refractivity (Wildman–Crippen MR) is 277 cm³/mol. The minimum absolute atomic E-state index is 0.137. The standard InChI is InChI=1S/C54H88N10O8/c1-33(55-9)45(65)61-43(53(3,4)5)51(71)63-29-17-23-41(63)49(69)59-39(35-19-13-11-14-20-35)31-57-47(67)37-25-27-38(28-26-37)48(68)58-32-40(36-21-15-12-16-22-36)60-50(70)42-24-18-30-64(42)52(72)44(54(6,7)8)62-46(66)34(2)56-10/h25-28,33-36,39-44,55-56H,11-24,29-32H2,1-10H3,(H,57,67)(H,58,68)(H,59,69)(H,60,70)(H,61,65)(H,62,66). The molecule has 8 N–H and O–H groups in total. The van der Waals surface area contributed by atoms with Crippen molar-refractivity contribution in [2.24, 2.45) is 22.7 Å². The smallest absolute Gasteiger partial charge is 0.251 e. The van der Waals surface area contributed by atoms with E-state index in [1.54, 1.807) is 62.0 Å². The van der Waals surface area contributed by atoms with E-state index in [9.17, 15) is 38.4 Å². The third-order valence-corrected chi connectivity index (χ3v) is 15.6. The van der Waals surface area contributed by atoms with Crippen molar-refractivity contribution in [2.75, 3.05) is 40.3 Å². The fourth-order valence-electron chi connectivity index (χ4n) is 10.7. The first-order valence-corrected chi connectivity index (χ1v) is 26.9. The summed E-state index contributed by atoms with van der Waals surface area (Å²) in [5, 5.41) is 24.2. The molecule has 2 heterocycles. The molecule has 0 spiro atoms. The molecular formula is C54H88N10O8. The van der Waals surface area contributed by atoms with Gasteiger partial charge in [-0.15, -0.1) is 0 Å². The van der Waals surface area contributed by atoms with Crippen LogP contribution < -0.4 is 42.5 Å². The number of benzene rings is 1. The summed E-state index contributed by atoms with van der Waals surface area (Å²) in [6, 6.07) is 1.59. The summed E-state index contributed by atoms with van der Waals surface area (Å²) < 4.78 is 0. The zero-order valence-electron chi connectivity index (χ0n) is 45.0. The second-order valence-electron chi connectivity index (χ2n) is 23.0. The van der Waals surface area contributed by atoms with Crippen molar-refractivity contribution >= 4 is 47.3 Å². The molecule has 2 aliphatic carbocycles. The van der Waals surface area contributed by atoms with Crippen LogP contribution in [0.2, 0.25) is 0 Å². The normalized spacial score (nSPS) is 21.6. The molecule has 8 atom stereocenters. The maximum Gasteiger partial charge on any atom is 0.251 e. The van der Waals surface area contributed by atoms with E-state index in [1.165, 1.54) is 0 Å². The number of hydrogen-bond acceptors (Lipinski definition) is 10. The van der Waals surface area contributed by atoms with Gasteiger partial charge in [-0.1, -0.05) is 80.1 Å². The van der Waals surface area contributed by atoms with Gasteiger partial charge in [-0.2, -0.15) is 0 Å². The first-order chi connectivity index (χ1) is 34.0. The van der Waals surface area contributed by atoms with Gasteiger partial charge in [0.2, 0.25) is 35.4 Å². The molecule has 1 aromatic carbocycles. The lowest BCUT2D eigenvalue weighted by molar-refractivity contribution is -0.144. The molecule has 4 fully saturated rings. The van der Waals surface area contributed by atoms with Crippen LogP contribution in [0.4, 0.5) is 0 Å². The predicted octanol–water partition coefficient (Wildman–Crippen LogP) is 3.54. The first kappa shape index (κ1) is 57.8. The van der Waals surface area contributed by atoms with Gasteiger partial charge in [-0.3, -0.25) is 38.4 Å². The van der Waals surface area contributed by atoms with Gasteiger partial charge in [-0.25, -0.2) is 0 Å². The highest BCUT2D eigenvalue weighted by molar-refractivity contribution is 5.98. The molecular weight excluding hydrogens is 917 g/mol. The monoisotopic (exact) mass is 1000 g/mol. The maximum absolute atomic E-state index is 14.1. The molecule has 402 valence electrons. The maximum atomic E-state index is 14.1. The topological polar surface area (TPSA) is 239 Å². The fraction of sp³-hybridized carbons (Fsp3) is 0.741. The molecule has 8 unspecified atom stereocenters. The van der Waals surface area contributed by atoms with Gasteiger partial charge >= 0.3 is 0 Å². The van der Waals surface area contributed by atoms with Crippen molar-refractivity contribution in [3.63, 3.8) is 0 Å². The van der Waals surface area contributed by atoms with Crippen molar-refractivity contribution in [3.05, 3.63) is 35.4 Å². The number of likely N-dealkylation sites (tertiary alicyclic amines) is 2. The summed E-state index contributed by atoms with van der Waals surface area (Å²) >= 11 is 0. The van der Waals surface area contributed by atoms with E-state index >= 15 is 0 Å². The number of carbonyl (C=O) groups is 8. The number of hydrogen-bond donors (Lipinski definition) is 8. The number of amides is 8. The Balaban J connectivity index is 1.20. The molecule has 0 aromatic heterocycles. The molecule has 0 bridgehead atoms. The van der Waals surface area contributed by atoms with Crippen LogP contribution in [0.3, 0.4) is 0 Å². The lowest BCUT2D eigenvalue weighted by Crippen LogP contribution is -2.60. The van der Waals surface area contributed by atoms with Crippen molar-refractivity contribution in [2.45, 2.75) is 194 Å². The van der Waals surface area contributed by atoms with Gasteiger partial charge in [0.05, 0.1) is 12.1 Å². The van der Waals surface area contributed by atoms with E-state index < -0.39 is 47.1 Å². The molecule has 2 aliphatic heterocycles. The molecule has 0 radical (unpaired) electrons. The van der Waals surface area contributed by atoms with Crippen LogP contribution in [0.25, 0.3) is 0 Å². The van der Waals surface area contributed by atoms with E-state index in [0.717, 1.165) is 64.2 Å². The number of nitrogens with zero attached hydrogens (tertiary/aromatic N) is 2. The largest absolute Gasteiger partial charge is 0.350 e. The van der Waals surface area contributed by atoms with E-state index in [1.807, 2.05) is 41.5 Å². The summed E-state index contributed by atoms with van der Waals surface area (Å²) in [5.74, 6) is -2.13. The second-order valence-corrected chi connectivity index (χ2v) is 23.0. The minimum Gasteiger partial charge on any atom is -0.350 e. The van der Waals surface area contributed by atoms with Gasteiger partial charge < -0.3 is 52.3 Å². The Morgan fingerprint density at radius 1 is 0.500 bits per heavy atom. The summed E-state index contributed by atoms with van der Waals surface area (Å²) in [6.45, 7) is 16.0. The third-order valence-electron chi connectivity index (χ3n) is 15.6. The molecule has 5 rings (SSSR count). The quantitative estimate of drug-likeness (QED) is 0.0946. The van der Waals surface area contributed by atoms with Gasteiger partial charge in [0.15, 0.2) is 0 Å². The molecule has 1 aromatic rings. The highest BCUT2D eigenvalue weighted by Crippen LogP contribution is 2.31. The van der Waals surface area contributed by atoms with Crippen molar-refractivity contribution in [3.8, 4) is 0 Å². The van der Waals surface area contributed by atoms with Gasteiger partial charge in [0, 0.05) is 49.4 Å². The van der Waals surface area contributed by atoms with Crippen LogP contribution in [0.15, 0.2) is 24.3 Å². The van der Waals surface area contributed by atoms with Crippen LogP contribution in [0.1, 0.15) is 166 Å². The minimum atomic E-state index is -0.831.